The Labute approximate surface area is 143 Å². The number of rotatable bonds is 6. The number of halogens is 2. The van der Waals surface area contributed by atoms with Gasteiger partial charge in [-0.1, -0.05) is 12.1 Å². The van der Waals surface area contributed by atoms with Gasteiger partial charge in [-0.25, -0.2) is 22.0 Å². The van der Waals surface area contributed by atoms with Crippen molar-refractivity contribution in [1.29, 1.82) is 0 Å². The molecule has 0 radical (unpaired) electrons. The van der Waals surface area contributed by atoms with Crippen LogP contribution in [0.1, 0.15) is 26.3 Å². The third kappa shape index (κ3) is 5.46. The van der Waals surface area contributed by atoms with E-state index in [1.165, 1.54) is 24.3 Å². The third-order valence-corrected chi connectivity index (χ3v) is 4.04. The number of hydrogen-bond donors (Lipinski definition) is 0. The Morgan fingerprint density at radius 3 is 2.28 bits per heavy atom. The summed E-state index contributed by atoms with van der Waals surface area (Å²) < 4.78 is 53.7. The van der Waals surface area contributed by atoms with E-state index in [2.05, 4.69) is 0 Å². The molecule has 0 heterocycles. The molecule has 2 rings (SSSR count). The van der Waals surface area contributed by atoms with Gasteiger partial charge in [0, 0.05) is 6.26 Å². The Morgan fingerprint density at radius 2 is 1.68 bits per heavy atom. The van der Waals surface area contributed by atoms with E-state index in [1.54, 1.807) is 0 Å². The van der Waals surface area contributed by atoms with Crippen molar-refractivity contribution in [2.75, 3.05) is 12.9 Å². The largest absolute Gasteiger partial charge is 0.454 e. The predicted octanol–water partition coefficient (Wildman–Crippen LogP) is 2.55. The lowest BCUT2D eigenvalue weighted by atomic mass is 10.1. The van der Waals surface area contributed by atoms with Crippen molar-refractivity contribution >= 4 is 21.6 Å². The van der Waals surface area contributed by atoms with Crippen LogP contribution in [0.2, 0.25) is 0 Å². The molecule has 2 aromatic carbocycles. The highest BCUT2D eigenvalue weighted by molar-refractivity contribution is 7.89. The monoisotopic (exact) mass is 368 g/mol. The number of carbonyl (C=O) groups excluding carboxylic acids is 2. The molecule has 0 bridgehead atoms. The van der Waals surface area contributed by atoms with Crippen molar-refractivity contribution < 1.29 is 31.5 Å². The Morgan fingerprint density at radius 1 is 1.04 bits per heavy atom. The normalized spacial score (nSPS) is 11.2. The molecular formula is C17H14F2O5S. The second kappa shape index (κ2) is 7.52. The Hall–Kier alpha value is -2.61. The van der Waals surface area contributed by atoms with E-state index in [9.17, 15) is 26.8 Å². The lowest BCUT2D eigenvalue weighted by Gasteiger charge is -2.06. The minimum Gasteiger partial charge on any atom is -0.454 e. The van der Waals surface area contributed by atoms with E-state index in [0.29, 0.717) is 5.56 Å². The van der Waals surface area contributed by atoms with E-state index in [1.807, 2.05) is 0 Å². The molecule has 0 saturated carbocycles. The second-order valence-corrected chi connectivity index (χ2v) is 7.53. The van der Waals surface area contributed by atoms with Gasteiger partial charge in [-0.2, -0.15) is 0 Å². The molecule has 25 heavy (non-hydrogen) atoms. The molecule has 0 unspecified atom stereocenters. The van der Waals surface area contributed by atoms with Crippen LogP contribution in [0.5, 0.6) is 0 Å². The lowest BCUT2D eigenvalue weighted by Crippen LogP contribution is -2.15. The molecule has 0 amide bonds. The first-order valence-electron chi connectivity index (χ1n) is 7.08. The molecule has 132 valence electrons. The van der Waals surface area contributed by atoms with Crippen molar-refractivity contribution in [3.05, 3.63) is 70.8 Å². The summed E-state index contributed by atoms with van der Waals surface area (Å²) in [7, 11) is -3.20. The quantitative estimate of drug-likeness (QED) is 0.578. The third-order valence-electron chi connectivity index (χ3n) is 3.18. The molecule has 0 spiro atoms. The van der Waals surface area contributed by atoms with Gasteiger partial charge < -0.3 is 4.74 Å². The highest BCUT2D eigenvalue weighted by Crippen LogP contribution is 2.12. The van der Waals surface area contributed by atoms with Gasteiger partial charge in [0.1, 0.15) is 11.6 Å². The maximum atomic E-state index is 13.5. The standard InChI is InChI=1S/C17H14F2O5S/c1-25(22,23)10-11-2-4-12(5-3-11)17(21)24-9-16(20)14-8-13(18)6-7-15(14)19/h2-8H,9-10H2,1H3. The number of esters is 1. The Kier molecular flexibility index (Phi) is 5.63. The van der Waals surface area contributed by atoms with Gasteiger partial charge in [0.05, 0.1) is 16.9 Å². The molecule has 0 fully saturated rings. The summed E-state index contributed by atoms with van der Waals surface area (Å²) in [4.78, 5) is 23.7. The van der Waals surface area contributed by atoms with Gasteiger partial charge in [-0.15, -0.1) is 0 Å². The number of carbonyl (C=O) groups is 2. The molecule has 0 atom stereocenters. The number of hydrogen-bond acceptors (Lipinski definition) is 5. The van der Waals surface area contributed by atoms with Crippen molar-refractivity contribution in [1.82, 2.24) is 0 Å². The molecule has 0 aliphatic carbocycles. The van der Waals surface area contributed by atoms with Crippen LogP contribution in [0.15, 0.2) is 42.5 Å². The zero-order chi connectivity index (χ0) is 18.6. The molecule has 0 aliphatic rings. The SMILES string of the molecule is CS(=O)(=O)Cc1ccc(C(=O)OCC(=O)c2cc(F)ccc2F)cc1. The van der Waals surface area contributed by atoms with Crippen LogP contribution in [0.3, 0.4) is 0 Å². The molecule has 0 aliphatic heterocycles. The first kappa shape index (κ1) is 18.7. The second-order valence-electron chi connectivity index (χ2n) is 5.39. The van der Waals surface area contributed by atoms with Gasteiger partial charge in [0.15, 0.2) is 16.4 Å². The summed E-state index contributed by atoms with van der Waals surface area (Å²) in [5.74, 6) is -3.57. The lowest BCUT2D eigenvalue weighted by molar-refractivity contribution is 0.0473. The summed E-state index contributed by atoms with van der Waals surface area (Å²) in [5.41, 5.74) is 0.0954. The van der Waals surface area contributed by atoms with Crippen LogP contribution in [0.4, 0.5) is 8.78 Å². The van der Waals surface area contributed by atoms with Crippen molar-refractivity contribution in [2.24, 2.45) is 0 Å². The van der Waals surface area contributed by atoms with Gasteiger partial charge >= 0.3 is 5.97 Å². The van der Waals surface area contributed by atoms with E-state index in [-0.39, 0.29) is 11.3 Å². The molecule has 2 aromatic rings. The topological polar surface area (TPSA) is 77.5 Å². The van der Waals surface area contributed by atoms with Crippen LogP contribution >= 0.6 is 0 Å². The number of benzene rings is 2. The van der Waals surface area contributed by atoms with Crippen molar-refractivity contribution in [3.8, 4) is 0 Å². The minimum atomic E-state index is -3.20. The van der Waals surface area contributed by atoms with Crippen molar-refractivity contribution in [3.63, 3.8) is 0 Å². The summed E-state index contributed by atoms with van der Waals surface area (Å²) in [6.07, 6.45) is 1.09. The fourth-order valence-corrected chi connectivity index (χ4v) is 2.84. The van der Waals surface area contributed by atoms with Crippen LogP contribution < -0.4 is 0 Å². The van der Waals surface area contributed by atoms with E-state index < -0.39 is 45.4 Å². The summed E-state index contributed by atoms with van der Waals surface area (Å²) in [6, 6.07) is 8.02. The molecular weight excluding hydrogens is 354 g/mol. The number of Topliss-reactive ketones (excluding diaryl/α,β-unsaturated/α-hetero) is 1. The van der Waals surface area contributed by atoms with Crippen LogP contribution in [-0.4, -0.2) is 33.0 Å². The van der Waals surface area contributed by atoms with Gasteiger partial charge in [-0.3, -0.25) is 4.79 Å². The predicted molar refractivity (Wildman–Crippen MR) is 86.0 cm³/mol. The van der Waals surface area contributed by atoms with Gasteiger partial charge in [0.2, 0.25) is 5.78 Å². The van der Waals surface area contributed by atoms with E-state index in [4.69, 9.17) is 4.74 Å². The maximum absolute atomic E-state index is 13.5. The molecule has 5 nitrogen and oxygen atoms in total. The molecule has 0 N–H and O–H groups in total. The summed E-state index contributed by atoms with van der Waals surface area (Å²) in [5, 5.41) is 0. The van der Waals surface area contributed by atoms with E-state index >= 15 is 0 Å². The smallest absolute Gasteiger partial charge is 0.338 e. The van der Waals surface area contributed by atoms with Gasteiger partial charge in [0.25, 0.3) is 0 Å². The van der Waals surface area contributed by atoms with Crippen LogP contribution in [-0.2, 0) is 20.3 Å². The zero-order valence-corrected chi connectivity index (χ0v) is 14.0. The number of ether oxygens (including phenoxy) is 1. The average Bonchev–Trinajstić information content (AvgIpc) is 2.53. The number of sulfone groups is 1. The van der Waals surface area contributed by atoms with Crippen LogP contribution in [0, 0.1) is 11.6 Å². The van der Waals surface area contributed by atoms with E-state index in [0.717, 1.165) is 24.5 Å². The molecule has 0 aromatic heterocycles. The first-order valence-corrected chi connectivity index (χ1v) is 9.14. The summed E-state index contributed by atoms with van der Waals surface area (Å²) in [6.45, 7) is -0.746. The molecule has 0 saturated heterocycles. The fourth-order valence-electron chi connectivity index (χ4n) is 2.04. The molecule has 8 heteroatoms. The van der Waals surface area contributed by atoms with Gasteiger partial charge in [-0.05, 0) is 35.9 Å². The zero-order valence-electron chi connectivity index (χ0n) is 13.2. The Bertz CT molecular complexity index is 905. The summed E-state index contributed by atoms with van der Waals surface area (Å²) >= 11 is 0. The minimum absolute atomic E-state index is 0.102. The van der Waals surface area contributed by atoms with Crippen molar-refractivity contribution in [2.45, 2.75) is 5.75 Å². The first-order chi connectivity index (χ1) is 11.7. The average molecular weight is 368 g/mol. The highest BCUT2D eigenvalue weighted by Gasteiger charge is 2.16. The maximum Gasteiger partial charge on any atom is 0.338 e. The van der Waals surface area contributed by atoms with Crippen LogP contribution in [0.25, 0.3) is 0 Å². The fraction of sp³-hybridized carbons (Fsp3) is 0.176. The Balaban J connectivity index is 2.00. The number of ketones is 1. The highest BCUT2D eigenvalue weighted by atomic mass is 32.2.